The molecule has 0 aliphatic rings. The van der Waals surface area contributed by atoms with E-state index in [2.05, 4.69) is 89.7 Å². The van der Waals surface area contributed by atoms with Crippen molar-refractivity contribution in [3.05, 3.63) is 0 Å². The first-order chi connectivity index (χ1) is 30.9. The molecule has 64 heavy (non-hydrogen) atoms. The topological polar surface area (TPSA) is 105 Å². The van der Waals surface area contributed by atoms with Crippen LogP contribution in [0.15, 0.2) is 0 Å². The molecule has 10 nitrogen and oxygen atoms in total. The third kappa shape index (κ3) is 30.2. The Morgan fingerprint density at radius 3 is 0.922 bits per heavy atom. The molecular weight excluding hydrogens is 797 g/mol. The lowest BCUT2D eigenvalue weighted by molar-refractivity contribution is -0.142. The molecule has 0 saturated heterocycles. The van der Waals surface area contributed by atoms with E-state index in [1.165, 1.54) is 89.9 Å². The molecule has 0 aromatic heterocycles. The van der Waals surface area contributed by atoms with Crippen LogP contribution in [0.1, 0.15) is 236 Å². The van der Waals surface area contributed by atoms with Gasteiger partial charge in [-0.15, -0.1) is 0 Å². The zero-order valence-corrected chi connectivity index (χ0v) is 44.2. The highest BCUT2D eigenvalue weighted by Crippen LogP contribution is 2.19. The van der Waals surface area contributed by atoms with E-state index in [4.69, 9.17) is 0 Å². The van der Waals surface area contributed by atoms with Gasteiger partial charge in [0.15, 0.2) is 0 Å². The van der Waals surface area contributed by atoms with Crippen molar-refractivity contribution in [3.63, 3.8) is 0 Å². The van der Waals surface area contributed by atoms with E-state index in [-0.39, 0.29) is 35.5 Å². The standard InChI is InChI=1S/C54H108N6O4/c1-11-17-19-21-23-25-27-29-33-39-49(61)59(45-37-43-57(13-3)14-4)51(47(7)8)53(63)55-41-35-31-32-36-42-56-54(64)52(48(9)10)60(46-38-44-58(15-5)16-6)50(62)40-34-30-28-26-24-22-20-18-12-2/h47-48,51-52H,11-46H2,1-10H3,(H,55,63)(H,56,64). The molecule has 2 atom stereocenters. The van der Waals surface area contributed by atoms with Crippen molar-refractivity contribution in [3.8, 4) is 0 Å². The molecule has 0 radical (unpaired) electrons. The highest BCUT2D eigenvalue weighted by molar-refractivity contribution is 5.88. The number of carbonyl (C=O) groups excluding carboxylic acids is 4. The highest BCUT2D eigenvalue weighted by atomic mass is 16.2. The summed E-state index contributed by atoms with van der Waals surface area (Å²) in [7, 11) is 0. The molecule has 0 aliphatic heterocycles. The van der Waals surface area contributed by atoms with Crippen LogP contribution in [0.4, 0.5) is 0 Å². The summed E-state index contributed by atoms with van der Waals surface area (Å²) in [6.45, 7) is 29.6. The summed E-state index contributed by atoms with van der Waals surface area (Å²) in [5.41, 5.74) is 0. The van der Waals surface area contributed by atoms with E-state index in [1.54, 1.807) is 0 Å². The quantitative estimate of drug-likeness (QED) is 0.0590. The van der Waals surface area contributed by atoms with Crippen molar-refractivity contribution in [1.29, 1.82) is 0 Å². The van der Waals surface area contributed by atoms with Crippen molar-refractivity contribution < 1.29 is 19.2 Å². The largest absolute Gasteiger partial charge is 0.354 e. The monoisotopic (exact) mass is 905 g/mol. The number of hydrogen-bond donors (Lipinski definition) is 2. The Labute approximate surface area is 397 Å². The van der Waals surface area contributed by atoms with Crippen LogP contribution in [0.5, 0.6) is 0 Å². The molecule has 378 valence electrons. The fourth-order valence-electron chi connectivity index (χ4n) is 9.15. The summed E-state index contributed by atoms with van der Waals surface area (Å²) in [5, 5.41) is 6.39. The molecule has 10 heteroatoms. The zero-order chi connectivity index (χ0) is 47.8. The van der Waals surface area contributed by atoms with Crippen LogP contribution in [0.25, 0.3) is 0 Å². The highest BCUT2D eigenvalue weighted by Gasteiger charge is 2.33. The predicted octanol–water partition coefficient (Wildman–Crippen LogP) is 11.8. The average molecular weight is 905 g/mol. The van der Waals surface area contributed by atoms with Crippen LogP contribution in [-0.4, -0.2) is 121 Å². The molecule has 0 heterocycles. The van der Waals surface area contributed by atoms with Gasteiger partial charge in [0.05, 0.1) is 0 Å². The lowest BCUT2D eigenvalue weighted by atomic mass is 9.99. The summed E-state index contributed by atoms with van der Waals surface area (Å²) >= 11 is 0. The summed E-state index contributed by atoms with van der Waals surface area (Å²) in [6, 6.07) is -0.943. The summed E-state index contributed by atoms with van der Waals surface area (Å²) in [5.74, 6) is 0.177. The Morgan fingerprint density at radius 2 is 0.641 bits per heavy atom. The maximum atomic E-state index is 13.8. The van der Waals surface area contributed by atoms with Gasteiger partial charge in [0.25, 0.3) is 0 Å². The predicted molar refractivity (Wildman–Crippen MR) is 274 cm³/mol. The third-order valence-electron chi connectivity index (χ3n) is 13.3. The average Bonchev–Trinajstić information content (AvgIpc) is 3.27. The molecule has 0 aromatic rings. The second-order valence-electron chi connectivity index (χ2n) is 19.5. The fraction of sp³-hybridized carbons (Fsp3) is 0.926. The number of nitrogens with one attached hydrogen (secondary N) is 2. The Kier molecular flexibility index (Phi) is 40.7. The SMILES string of the molecule is CCCCCCCCCCCC(=O)N(CCCN(CC)CC)C(C(=O)NCCCCCCNC(=O)C(C(C)C)N(CCCN(CC)CC)C(=O)CCCCCCCCCCC)C(C)C. The van der Waals surface area contributed by atoms with Crippen LogP contribution < -0.4 is 10.6 Å². The minimum absolute atomic E-state index is 0.0160. The maximum absolute atomic E-state index is 13.8. The van der Waals surface area contributed by atoms with Gasteiger partial charge in [0.1, 0.15) is 12.1 Å². The maximum Gasteiger partial charge on any atom is 0.243 e. The Bertz CT molecular complexity index is 1040. The molecule has 0 bridgehead atoms. The minimum atomic E-state index is -0.472. The number of rotatable bonds is 45. The zero-order valence-electron chi connectivity index (χ0n) is 44.2. The lowest BCUT2D eigenvalue weighted by Crippen LogP contribution is -2.53. The van der Waals surface area contributed by atoms with Crippen molar-refractivity contribution >= 4 is 23.6 Å². The van der Waals surface area contributed by atoms with Gasteiger partial charge in [-0.2, -0.15) is 0 Å². The Morgan fingerprint density at radius 1 is 0.359 bits per heavy atom. The molecule has 4 amide bonds. The third-order valence-corrected chi connectivity index (χ3v) is 13.3. The van der Waals surface area contributed by atoms with Crippen LogP contribution in [-0.2, 0) is 19.2 Å². The van der Waals surface area contributed by atoms with E-state index < -0.39 is 12.1 Å². The second kappa shape index (κ2) is 42.2. The van der Waals surface area contributed by atoms with Crippen molar-refractivity contribution in [2.75, 3.05) is 65.4 Å². The smallest absolute Gasteiger partial charge is 0.243 e. The number of hydrogen-bond acceptors (Lipinski definition) is 6. The summed E-state index contributed by atoms with van der Waals surface area (Å²) in [6.07, 6.45) is 28.1. The molecule has 0 aliphatic carbocycles. The normalized spacial score (nSPS) is 12.7. The van der Waals surface area contributed by atoms with E-state index in [0.717, 1.165) is 103 Å². The Balaban J connectivity index is 5.17. The van der Waals surface area contributed by atoms with Crippen molar-refractivity contribution in [2.24, 2.45) is 11.8 Å². The molecule has 0 spiro atoms. The first-order valence-corrected chi connectivity index (χ1v) is 27.5. The lowest BCUT2D eigenvalue weighted by Gasteiger charge is -2.34. The number of nitrogens with zero attached hydrogens (tertiary/aromatic N) is 4. The molecule has 0 saturated carbocycles. The van der Waals surface area contributed by atoms with Gasteiger partial charge in [0, 0.05) is 39.0 Å². The van der Waals surface area contributed by atoms with Crippen LogP contribution in [0, 0.1) is 11.8 Å². The molecular formula is C54H108N6O4. The van der Waals surface area contributed by atoms with Gasteiger partial charge >= 0.3 is 0 Å². The number of amides is 4. The van der Waals surface area contributed by atoms with Crippen LogP contribution >= 0.6 is 0 Å². The molecule has 0 aromatic carbocycles. The first kappa shape index (κ1) is 61.8. The fourth-order valence-corrected chi connectivity index (χ4v) is 9.15. The molecule has 2 unspecified atom stereocenters. The van der Waals surface area contributed by atoms with Gasteiger partial charge in [-0.1, -0.05) is 185 Å². The molecule has 2 N–H and O–H groups in total. The van der Waals surface area contributed by atoms with E-state index in [0.29, 0.717) is 39.0 Å². The Hall–Kier alpha value is -2.20. The van der Waals surface area contributed by atoms with Gasteiger partial charge < -0.3 is 30.2 Å². The van der Waals surface area contributed by atoms with Crippen LogP contribution in [0.2, 0.25) is 0 Å². The van der Waals surface area contributed by atoms with Gasteiger partial charge in [-0.25, -0.2) is 0 Å². The summed E-state index contributed by atoms with van der Waals surface area (Å²) < 4.78 is 0. The van der Waals surface area contributed by atoms with Gasteiger partial charge in [-0.05, 0) is 89.6 Å². The summed E-state index contributed by atoms with van der Waals surface area (Å²) in [4.78, 5) is 63.7. The van der Waals surface area contributed by atoms with Gasteiger partial charge in [0.2, 0.25) is 23.6 Å². The van der Waals surface area contributed by atoms with E-state index in [9.17, 15) is 19.2 Å². The number of carbonyl (C=O) groups is 4. The molecule has 0 rings (SSSR count). The van der Waals surface area contributed by atoms with Crippen LogP contribution in [0.3, 0.4) is 0 Å². The van der Waals surface area contributed by atoms with E-state index in [1.807, 2.05) is 9.80 Å². The number of unbranched alkanes of at least 4 members (excludes halogenated alkanes) is 19. The second-order valence-corrected chi connectivity index (χ2v) is 19.5. The van der Waals surface area contributed by atoms with E-state index >= 15 is 0 Å². The minimum Gasteiger partial charge on any atom is -0.354 e. The van der Waals surface area contributed by atoms with Gasteiger partial charge in [-0.3, -0.25) is 19.2 Å². The first-order valence-electron chi connectivity index (χ1n) is 27.5. The van der Waals surface area contributed by atoms with Crippen molar-refractivity contribution in [1.82, 2.24) is 30.2 Å². The molecule has 0 fully saturated rings. The van der Waals surface area contributed by atoms with Crippen molar-refractivity contribution in [2.45, 2.75) is 248 Å².